The lowest BCUT2D eigenvalue weighted by molar-refractivity contribution is -0.142. The normalized spacial score (nSPS) is 11.8. The minimum atomic E-state index is -0.302. The van der Waals surface area contributed by atoms with Crippen LogP contribution in [0.15, 0.2) is 42.5 Å². The van der Waals surface area contributed by atoms with Gasteiger partial charge in [-0.1, -0.05) is 29.8 Å². The SMILES string of the molecule is CC(=O)OCc1cc2c(s1)-c1cc(Cl)cc(OCCCN(C)C)c1Oc1ccccc1-2. The fourth-order valence-electron chi connectivity index (χ4n) is 3.49. The number of hydrogen-bond donors (Lipinski definition) is 0. The first kappa shape index (κ1) is 21.7. The van der Waals surface area contributed by atoms with Gasteiger partial charge in [-0.2, -0.15) is 0 Å². The zero-order valence-electron chi connectivity index (χ0n) is 17.7. The fourth-order valence-corrected chi connectivity index (χ4v) is 4.79. The molecule has 31 heavy (non-hydrogen) atoms. The van der Waals surface area contributed by atoms with Gasteiger partial charge in [-0.15, -0.1) is 11.3 Å². The van der Waals surface area contributed by atoms with Crippen LogP contribution in [0.1, 0.15) is 18.2 Å². The van der Waals surface area contributed by atoms with Crippen LogP contribution >= 0.6 is 22.9 Å². The molecule has 1 aromatic heterocycles. The molecule has 3 aromatic rings. The molecule has 0 amide bonds. The van der Waals surface area contributed by atoms with E-state index in [1.54, 1.807) is 17.4 Å². The number of fused-ring (bicyclic) bond motifs is 5. The van der Waals surface area contributed by atoms with Gasteiger partial charge in [0.15, 0.2) is 11.5 Å². The van der Waals surface area contributed by atoms with E-state index in [1.165, 1.54) is 6.92 Å². The van der Waals surface area contributed by atoms with Crippen LogP contribution < -0.4 is 9.47 Å². The first-order chi connectivity index (χ1) is 14.9. The molecule has 0 saturated heterocycles. The van der Waals surface area contributed by atoms with Crippen LogP contribution in [-0.4, -0.2) is 38.1 Å². The zero-order chi connectivity index (χ0) is 22.0. The quantitative estimate of drug-likeness (QED) is 0.243. The van der Waals surface area contributed by atoms with Crippen molar-refractivity contribution in [2.75, 3.05) is 27.2 Å². The summed E-state index contributed by atoms with van der Waals surface area (Å²) in [6.07, 6.45) is 0.891. The van der Waals surface area contributed by atoms with Crippen molar-refractivity contribution in [2.24, 2.45) is 0 Å². The first-order valence-electron chi connectivity index (χ1n) is 10.1. The third-order valence-electron chi connectivity index (χ3n) is 4.86. The summed E-state index contributed by atoms with van der Waals surface area (Å²) in [6.45, 7) is 3.14. The predicted octanol–water partition coefficient (Wildman–Crippen LogP) is 6.23. The van der Waals surface area contributed by atoms with E-state index in [0.29, 0.717) is 23.1 Å². The highest BCUT2D eigenvalue weighted by Gasteiger charge is 2.26. The van der Waals surface area contributed by atoms with Crippen molar-refractivity contribution < 1.29 is 19.0 Å². The van der Waals surface area contributed by atoms with Crippen LogP contribution in [0, 0.1) is 0 Å². The second kappa shape index (κ2) is 9.30. The van der Waals surface area contributed by atoms with Gasteiger partial charge < -0.3 is 19.1 Å². The second-order valence-corrected chi connectivity index (χ2v) is 9.19. The van der Waals surface area contributed by atoms with Crippen LogP contribution in [0.4, 0.5) is 0 Å². The van der Waals surface area contributed by atoms with Crippen molar-refractivity contribution in [3.05, 3.63) is 52.4 Å². The topological polar surface area (TPSA) is 48.0 Å². The molecule has 5 nitrogen and oxygen atoms in total. The van der Waals surface area contributed by atoms with Gasteiger partial charge in [0, 0.05) is 51.0 Å². The Hall–Kier alpha value is -2.54. The van der Waals surface area contributed by atoms with Crippen LogP contribution in [0.5, 0.6) is 17.2 Å². The van der Waals surface area contributed by atoms with Gasteiger partial charge in [-0.05, 0) is 38.7 Å². The molecule has 0 bridgehead atoms. The molecule has 0 spiro atoms. The number of para-hydroxylation sites is 1. The average molecular weight is 458 g/mol. The lowest BCUT2D eigenvalue weighted by Crippen LogP contribution is -2.15. The van der Waals surface area contributed by atoms with Gasteiger partial charge in [0.2, 0.25) is 0 Å². The Morgan fingerprint density at radius 1 is 1.13 bits per heavy atom. The highest BCUT2D eigenvalue weighted by atomic mass is 35.5. The number of esters is 1. The van der Waals surface area contributed by atoms with Crippen LogP contribution in [0.2, 0.25) is 5.02 Å². The summed E-state index contributed by atoms with van der Waals surface area (Å²) in [5.74, 6) is 1.73. The Balaban J connectivity index is 1.78. The molecule has 0 aliphatic carbocycles. The Morgan fingerprint density at radius 2 is 1.94 bits per heavy atom. The molecule has 0 atom stereocenters. The van der Waals surface area contributed by atoms with E-state index in [-0.39, 0.29) is 12.6 Å². The van der Waals surface area contributed by atoms with Gasteiger partial charge in [0.25, 0.3) is 0 Å². The lowest BCUT2D eigenvalue weighted by Gasteiger charge is -2.16. The van der Waals surface area contributed by atoms with E-state index in [1.807, 2.05) is 44.4 Å². The molecule has 0 fully saturated rings. The number of nitrogens with zero attached hydrogens (tertiary/aromatic N) is 1. The molecular formula is C24H24ClNO4S. The highest BCUT2D eigenvalue weighted by Crippen LogP contribution is 2.53. The minimum Gasteiger partial charge on any atom is -0.490 e. The largest absolute Gasteiger partial charge is 0.490 e. The molecule has 1 aliphatic rings. The Bertz CT molecular complexity index is 1110. The number of thiophene rings is 1. The predicted molar refractivity (Wildman–Crippen MR) is 124 cm³/mol. The van der Waals surface area contributed by atoms with Crippen molar-refractivity contribution in [2.45, 2.75) is 20.0 Å². The Labute approximate surface area is 191 Å². The smallest absolute Gasteiger partial charge is 0.302 e. The van der Waals surface area contributed by atoms with Crippen molar-refractivity contribution in [1.29, 1.82) is 0 Å². The van der Waals surface area contributed by atoms with Gasteiger partial charge in [0.05, 0.1) is 6.61 Å². The van der Waals surface area contributed by atoms with Crippen molar-refractivity contribution in [1.82, 2.24) is 4.90 Å². The summed E-state index contributed by atoms with van der Waals surface area (Å²) in [7, 11) is 4.08. The van der Waals surface area contributed by atoms with Gasteiger partial charge in [-0.3, -0.25) is 4.79 Å². The number of hydrogen-bond acceptors (Lipinski definition) is 6. The van der Waals surface area contributed by atoms with E-state index < -0.39 is 0 Å². The molecule has 4 rings (SSSR count). The summed E-state index contributed by atoms with van der Waals surface area (Å²) >= 11 is 8.05. The van der Waals surface area contributed by atoms with Gasteiger partial charge >= 0.3 is 5.97 Å². The molecule has 0 unspecified atom stereocenters. The third-order valence-corrected chi connectivity index (χ3v) is 6.22. The number of ether oxygens (including phenoxy) is 3. The van der Waals surface area contributed by atoms with Crippen LogP contribution in [0.3, 0.4) is 0 Å². The fraction of sp³-hybridized carbons (Fsp3) is 0.292. The summed E-state index contributed by atoms with van der Waals surface area (Å²) in [4.78, 5) is 15.4. The molecule has 0 saturated carbocycles. The standard InChI is InChI=1S/C24H24ClNO4S/c1-15(27)29-14-17-13-19-18-7-4-5-8-21(18)30-23-20(24(19)31-17)11-16(25)12-22(23)28-10-6-9-26(2)3/h4-5,7-8,11-13H,6,9-10,14H2,1-3H3. The Morgan fingerprint density at radius 3 is 2.71 bits per heavy atom. The third kappa shape index (κ3) is 4.87. The summed E-state index contributed by atoms with van der Waals surface area (Å²) in [5, 5.41) is 0.580. The number of benzene rings is 2. The maximum absolute atomic E-state index is 11.3. The van der Waals surface area contributed by atoms with E-state index >= 15 is 0 Å². The maximum Gasteiger partial charge on any atom is 0.302 e. The molecule has 7 heteroatoms. The van der Waals surface area contributed by atoms with E-state index in [4.69, 9.17) is 25.8 Å². The second-order valence-electron chi connectivity index (χ2n) is 7.62. The van der Waals surface area contributed by atoms with Gasteiger partial charge in [0.1, 0.15) is 12.4 Å². The average Bonchev–Trinajstić information content (AvgIpc) is 3.10. The number of carbonyl (C=O) groups is 1. The summed E-state index contributed by atoms with van der Waals surface area (Å²) < 4.78 is 17.7. The maximum atomic E-state index is 11.3. The van der Waals surface area contributed by atoms with Crippen molar-refractivity contribution in [3.8, 4) is 38.8 Å². The van der Waals surface area contributed by atoms with Crippen molar-refractivity contribution >= 4 is 28.9 Å². The van der Waals surface area contributed by atoms with Crippen molar-refractivity contribution in [3.63, 3.8) is 0 Å². The number of halogens is 1. The van der Waals surface area contributed by atoms with E-state index in [9.17, 15) is 4.79 Å². The minimum absolute atomic E-state index is 0.236. The van der Waals surface area contributed by atoms with Crippen LogP contribution in [-0.2, 0) is 16.1 Å². The summed E-state index contributed by atoms with van der Waals surface area (Å²) in [6, 6.07) is 13.7. The first-order valence-corrected chi connectivity index (χ1v) is 11.3. The molecule has 162 valence electrons. The van der Waals surface area contributed by atoms with Gasteiger partial charge in [-0.25, -0.2) is 0 Å². The molecular weight excluding hydrogens is 434 g/mol. The molecule has 0 N–H and O–H groups in total. The Kier molecular flexibility index (Phi) is 6.51. The lowest BCUT2D eigenvalue weighted by atomic mass is 10.0. The van der Waals surface area contributed by atoms with E-state index in [2.05, 4.69) is 11.0 Å². The number of carbonyl (C=O) groups excluding carboxylic acids is 1. The molecule has 2 heterocycles. The summed E-state index contributed by atoms with van der Waals surface area (Å²) in [5.41, 5.74) is 2.89. The molecule has 0 radical (unpaired) electrons. The van der Waals surface area contributed by atoms with E-state index in [0.717, 1.165) is 45.2 Å². The zero-order valence-corrected chi connectivity index (χ0v) is 19.3. The molecule has 1 aliphatic heterocycles. The monoisotopic (exact) mass is 457 g/mol. The molecule has 2 aromatic carbocycles. The highest BCUT2D eigenvalue weighted by molar-refractivity contribution is 7.16. The van der Waals surface area contributed by atoms with Crippen LogP contribution in [0.25, 0.3) is 21.6 Å². The number of rotatable bonds is 7.